The Labute approximate surface area is 121 Å². The van der Waals surface area contributed by atoms with Crippen molar-refractivity contribution in [2.45, 2.75) is 33.7 Å². The van der Waals surface area contributed by atoms with Crippen molar-refractivity contribution >= 4 is 33.0 Å². The van der Waals surface area contributed by atoms with Crippen LogP contribution in [0.4, 0.5) is 5.69 Å². The molecule has 96 valence electrons. The van der Waals surface area contributed by atoms with Gasteiger partial charge >= 0.3 is 0 Å². The Bertz CT molecular complexity index is 560. The zero-order chi connectivity index (χ0) is 13.3. The van der Waals surface area contributed by atoms with Crippen molar-refractivity contribution in [3.63, 3.8) is 0 Å². The Kier molecular flexibility index (Phi) is 4.13. The summed E-state index contributed by atoms with van der Waals surface area (Å²) in [6, 6.07) is 8.97. The first-order valence-electron chi connectivity index (χ1n) is 6.07. The summed E-state index contributed by atoms with van der Waals surface area (Å²) >= 11 is 5.36. The van der Waals surface area contributed by atoms with Gasteiger partial charge in [0.15, 0.2) is 0 Å². The molecule has 0 bridgehead atoms. The summed E-state index contributed by atoms with van der Waals surface area (Å²) in [4.78, 5) is 2.78. The fourth-order valence-corrected chi connectivity index (χ4v) is 3.68. The molecule has 0 aliphatic carbocycles. The van der Waals surface area contributed by atoms with Crippen LogP contribution in [0.5, 0.6) is 0 Å². The molecule has 0 amide bonds. The molecule has 1 heterocycles. The average molecular weight is 324 g/mol. The Morgan fingerprint density at radius 1 is 1.17 bits per heavy atom. The fourth-order valence-electron chi connectivity index (χ4n) is 2.18. The zero-order valence-corrected chi connectivity index (χ0v) is 13.6. The molecule has 1 nitrogen and oxygen atoms in total. The lowest BCUT2D eigenvalue weighted by Gasteiger charge is -2.17. The van der Waals surface area contributed by atoms with Crippen molar-refractivity contribution in [1.82, 2.24) is 0 Å². The summed E-state index contributed by atoms with van der Waals surface area (Å²) in [6.07, 6.45) is 0. The Morgan fingerprint density at radius 2 is 1.89 bits per heavy atom. The van der Waals surface area contributed by atoms with E-state index in [0.29, 0.717) is 6.04 Å². The molecule has 1 N–H and O–H groups in total. The van der Waals surface area contributed by atoms with Gasteiger partial charge in [-0.2, -0.15) is 0 Å². The molecular weight excluding hydrogens is 306 g/mol. The van der Waals surface area contributed by atoms with Gasteiger partial charge in [-0.25, -0.2) is 0 Å². The molecule has 1 aromatic heterocycles. The van der Waals surface area contributed by atoms with Crippen molar-refractivity contribution in [3.8, 4) is 0 Å². The summed E-state index contributed by atoms with van der Waals surface area (Å²) in [5, 5.41) is 3.59. The number of thiophene rings is 1. The number of halogens is 1. The molecule has 0 fully saturated rings. The number of hydrogen-bond donors (Lipinski definition) is 1. The monoisotopic (exact) mass is 323 g/mol. The van der Waals surface area contributed by atoms with E-state index in [1.807, 2.05) is 11.3 Å². The Morgan fingerprint density at radius 3 is 2.44 bits per heavy atom. The highest BCUT2D eigenvalue weighted by molar-refractivity contribution is 9.10. The normalized spacial score (nSPS) is 12.5. The maximum absolute atomic E-state index is 3.59. The summed E-state index contributed by atoms with van der Waals surface area (Å²) < 4.78 is 1.13. The molecule has 0 aliphatic heterocycles. The number of benzene rings is 1. The molecular formula is C15H18BrNS. The van der Waals surface area contributed by atoms with Crippen LogP contribution in [0.25, 0.3) is 0 Å². The number of hydrogen-bond acceptors (Lipinski definition) is 2. The topological polar surface area (TPSA) is 12.0 Å². The first-order valence-corrected chi connectivity index (χ1v) is 7.68. The second-order valence-corrected chi connectivity index (χ2v) is 7.07. The third-order valence-electron chi connectivity index (χ3n) is 3.11. The molecule has 1 atom stereocenters. The van der Waals surface area contributed by atoms with E-state index >= 15 is 0 Å². The quantitative estimate of drug-likeness (QED) is 0.774. The van der Waals surface area contributed by atoms with Crippen LogP contribution in [0.15, 0.2) is 28.7 Å². The van der Waals surface area contributed by atoms with Gasteiger partial charge in [0.25, 0.3) is 0 Å². The molecule has 1 aromatic carbocycles. The second-order valence-electron chi connectivity index (χ2n) is 4.69. The summed E-state index contributed by atoms with van der Waals surface area (Å²) in [5.74, 6) is 0. The van der Waals surface area contributed by atoms with Crippen molar-refractivity contribution < 1.29 is 0 Å². The minimum absolute atomic E-state index is 0.342. The van der Waals surface area contributed by atoms with E-state index < -0.39 is 0 Å². The van der Waals surface area contributed by atoms with E-state index in [4.69, 9.17) is 0 Å². The maximum Gasteiger partial charge on any atom is 0.0496 e. The highest BCUT2D eigenvalue weighted by atomic mass is 79.9. The lowest BCUT2D eigenvalue weighted by atomic mass is 10.1. The van der Waals surface area contributed by atoms with E-state index in [9.17, 15) is 0 Å². The zero-order valence-electron chi connectivity index (χ0n) is 11.2. The number of nitrogens with one attached hydrogen (secondary N) is 1. The van der Waals surface area contributed by atoms with Gasteiger partial charge in [0, 0.05) is 26.0 Å². The second kappa shape index (κ2) is 5.45. The Balaban J connectivity index is 2.21. The predicted molar refractivity (Wildman–Crippen MR) is 84.7 cm³/mol. The van der Waals surface area contributed by atoms with Gasteiger partial charge < -0.3 is 5.32 Å². The van der Waals surface area contributed by atoms with E-state index in [1.54, 1.807) is 0 Å². The van der Waals surface area contributed by atoms with Crippen molar-refractivity contribution in [1.29, 1.82) is 0 Å². The standard InChI is InChI=1S/C15H18BrNS/c1-9-7-13(16)5-6-15(9)17-11(3)14-8-10(2)18-12(14)4/h5-8,11,17H,1-4H3. The van der Waals surface area contributed by atoms with Crippen LogP contribution in [0.1, 0.15) is 33.8 Å². The van der Waals surface area contributed by atoms with Gasteiger partial charge in [-0.05, 0) is 63.1 Å². The fraction of sp³-hybridized carbons (Fsp3) is 0.333. The van der Waals surface area contributed by atoms with Crippen LogP contribution in [0.3, 0.4) is 0 Å². The largest absolute Gasteiger partial charge is 0.378 e. The number of anilines is 1. The SMILES string of the molecule is Cc1cc(C(C)Nc2ccc(Br)cc2C)c(C)s1. The molecule has 0 spiro atoms. The molecule has 3 heteroatoms. The summed E-state index contributed by atoms with van der Waals surface area (Å²) in [6.45, 7) is 8.71. The molecule has 2 aromatic rings. The van der Waals surface area contributed by atoms with Crippen molar-refractivity contribution in [3.05, 3.63) is 49.6 Å². The summed E-state index contributed by atoms with van der Waals surface area (Å²) in [5.41, 5.74) is 3.87. The molecule has 0 radical (unpaired) electrons. The molecule has 0 saturated carbocycles. The van der Waals surface area contributed by atoms with Crippen LogP contribution in [0.2, 0.25) is 0 Å². The minimum atomic E-state index is 0.342. The van der Waals surface area contributed by atoms with Gasteiger partial charge in [-0.3, -0.25) is 0 Å². The molecule has 0 aliphatic rings. The third kappa shape index (κ3) is 2.96. The molecule has 1 unspecified atom stereocenters. The third-order valence-corrected chi connectivity index (χ3v) is 4.58. The Hall–Kier alpha value is -0.800. The van der Waals surface area contributed by atoms with Crippen LogP contribution >= 0.6 is 27.3 Å². The van der Waals surface area contributed by atoms with Gasteiger partial charge in [-0.1, -0.05) is 15.9 Å². The average Bonchev–Trinajstić information content (AvgIpc) is 2.62. The molecule has 2 rings (SSSR count). The highest BCUT2D eigenvalue weighted by Crippen LogP contribution is 2.30. The molecule has 0 saturated heterocycles. The number of rotatable bonds is 3. The van der Waals surface area contributed by atoms with Crippen LogP contribution in [-0.4, -0.2) is 0 Å². The van der Waals surface area contributed by atoms with E-state index in [1.165, 1.54) is 26.6 Å². The first-order chi connectivity index (χ1) is 8.47. The first kappa shape index (κ1) is 13.6. The van der Waals surface area contributed by atoms with Gasteiger partial charge in [0.2, 0.25) is 0 Å². The van der Waals surface area contributed by atoms with Crippen LogP contribution < -0.4 is 5.32 Å². The lowest BCUT2D eigenvalue weighted by molar-refractivity contribution is 0.879. The van der Waals surface area contributed by atoms with Crippen LogP contribution in [-0.2, 0) is 0 Å². The van der Waals surface area contributed by atoms with Gasteiger partial charge in [0.1, 0.15) is 0 Å². The van der Waals surface area contributed by atoms with E-state index in [0.717, 1.165) is 4.47 Å². The number of aryl methyl sites for hydroxylation is 3. The van der Waals surface area contributed by atoms with Crippen LogP contribution in [0, 0.1) is 20.8 Å². The lowest BCUT2D eigenvalue weighted by Crippen LogP contribution is -2.07. The van der Waals surface area contributed by atoms with Crippen molar-refractivity contribution in [2.24, 2.45) is 0 Å². The maximum atomic E-state index is 3.59. The van der Waals surface area contributed by atoms with Gasteiger partial charge in [-0.15, -0.1) is 11.3 Å². The predicted octanol–water partition coefficient (Wildman–Crippen LogP) is 5.61. The molecule has 18 heavy (non-hydrogen) atoms. The van der Waals surface area contributed by atoms with E-state index in [2.05, 4.69) is 73.2 Å². The minimum Gasteiger partial charge on any atom is -0.378 e. The van der Waals surface area contributed by atoms with Gasteiger partial charge in [0.05, 0.1) is 0 Å². The summed E-state index contributed by atoms with van der Waals surface area (Å²) in [7, 11) is 0. The smallest absolute Gasteiger partial charge is 0.0496 e. The van der Waals surface area contributed by atoms with E-state index in [-0.39, 0.29) is 0 Å². The van der Waals surface area contributed by atoms with Crippen molar-refractivity contribution in [2.75, 3.05) is 5.32 Å². The highest BCUT2D eigenvalue weighted by Gasteiger charge is 2.11.